The van der Waals surface area contributed by atoms with Gasteiger partial charge in [0.05, 0.1) is 26.2 Å². The van der Waals surface area contributed by atoms with Crippen molar-refractivity contribution in [2.24, 2.45) is 0 Å². The van der Waals surface area contributed by atoms with E-state index in [1.807, 2.05) is 4.68 Å². The van der Waals surface area contributed by atoms with Crippen LogP contribution in [-0.4, -0.2) is 36.0 Å². The fraction of sp³-hybridized carbons (Fsp3) is 0.333. The second-order valence-corrected chi connectivity index (χ2v) is 8.70. The largest absolute Gasteiger partial charge is 0.360 e. The Balaban J connectivity index is 1.35. The average molecular weight is 413 g/mol. The summed E-state index contributed by atoms with van der Waals surface area (Å²) in [5.74, 6) is 0. The molecule has 0 radical (unpaired) electrons. The van der Waals surface area contributed by atoms with E-state index < -0.39 is 0 Å². The summed E-state index contributed by atoms with van der Waals surface area (Å²) in [5.41, 5.74) is 3.70. The number of quaternary nitrogens is 1. The second-order valence-electron chi connectivity index (χ2n) is 7.08. The summed E-state index contributed by atoms with van der Waals surface area (Å²) in [7, 11) is 0. The molecule has 2 N–H and O–H groups in total. The number of piperazine rings is 1. The first-order valence-corrected chi connectivity index (χ1v) is 11.0. The third-order valence-corrected chi connectivity index (χ3v) is 6.41. The van der Waals surface area contributed by atoms with Crippen LogP contribution in [-0.2, 0) is 13.1 Å². The standard InChI is InChI=1S/C21H25N5S2/c1-2-17-8-10-18(11-9-17)22-20-23-26(21(27)28-20)16-24-12-14-25(15-13-24)19-6-4-3-5-7-19/h3-11H,2,12-16H2,1H3,(H,22,23)/p+1. The van der Waals surface area contributed by atoms with Crippen LogP contribution in [0.5, 0.6) is 0 Å². The number of nitrogens with one attached hydrogen (secondary N) is 2. The Kier molecular flexibility index (Phi) is 6.04. The van der Waals surface area contributed by atoms with Gasteiger partial charge in [0, 0.05) is 11.4 Å². The van der Waals surface area contributed by atoms with Gasteiger partial charge >= 0.3 is 0 Å². The topological polar surface area (TPSA) is 37.5 Å². The van der Waals surface area contributed by atoms with Gasteiger partial charge < -0.3 is 15.1 Å². The fourth-order valence-electron chi connectivity index (χ4n) is 3.49. The molecule has 0 aliphatic carbocycles. The monoisotopic (exact) mass is 412 g/mol. The average Bonchev–Trinajstić information content (AvgIpc) is 3.08. The van der Waals surface area contributed by atoms with Crippen LogP contribution in [0.15, 0.2) is 54.6 Å². The Bertz CT molecular complexity index is 941. The van der Waals surface area contributed by atoms with E-state index in [1.165, 1.54) is 27.5 Å². The van der Waals surface area contributed by atoms with Crippen LogP contribution < -0.4 is 15.1 Å². The van der Waals surface area contributed by atoms with Crippen molar-refractivity contribution in [2.75, 3.05) is 36.4 Å². The quantitative estimate of drug-likeness (QED) is 0.609. The molecule has 0 spiro atoms. The van der Waals surface area contributed by atoms with E-state index in [0.717, 1.165) is 54.0 Å². The van der Waals surface area contributed by atoms with Gasteiger partial charge in [-0.3, -0.25) is 0 Å². The highest BCUT2D eigenvalue weighted by Crippen LogP contribution is 2.20. The Morgan fingerprint density at radius 2 is 1.79 bits per heavy atom. The number of para-hydroxylation sites is 1. The summed E-state index contributed by atoms with van der Waals surface area (Å²) >= 11 is 7.09. The van der Waals surface area contributed by atoms with Gasteiger partial charge in [-0.05, 0) is 48.5 Å². The number of benzene rings is 2. The van der Waals surface area contributed by atoms with Crippen molar-refractivity contribution >= 4 is 40.1 Å². The van der Waals surface area contributed by atoms with E-state index in [-0.39, 0.29) is 0 Å². The highest BCUT2D eigenvalue weighted by molar-refractivity contribution is 7.73. The SMILES string of the molecule is CCc1ccc(Nc2nn(C[NH+]3CCN(c4ccccc4)CC3)c(=S)s2)cc1. The maximum Gasteiger partial charge on any atom is 0.209 e. The van der Waals surface area contributed by atoms with Crippen LogP contribution in [0.4, 0.5) is 16.5 Å². The predicted octanol–water partition coefficient (Wildman–Crippen LogP) is 3.34. The van der Waals surface area contributed by atoms with E-state index in [0.29, 0.717) is 0 Å². The molecule has 7 heteroatoms. The van der Waals surface area contributed by atoms with Gasteiger partial charge in [-0.1, -0.05) is 48.6 Å². The molecule has 0 bridgehead atoms. The highest BCUT2D eigenvalue weighted by Gasteiger charge is 2.21. The number of anilines is 3. The summed E-state index contributed by atoms with van der Waals surface area (Å²) in [4.78, 5) is 3.98. The lowest BCUT2D eigenvalue weighted by atomic mass is 10.1. The predicted molar refractivity (Wildman–Crippen MR) is 119 cm³/mol. The number of hydrogen-bond donors (Lipinski definition) is 2. The van der Waals surface area contributed by atoms with E-state index in [4.69, 9.17) is 17.3 Å². The van der Waals surface area contributed by atoms with Crippen molar-refractivity contribution in [1.82, 2.24) is 9.78 Å². The molecule has 1 fully saturated rings. The van der Waals surface area contributed by atoms with Crippen molar-refractivity contribution in [3.05, 3.63) is 64.1 Å². The minimum atomic E-state index is 0.825. The van der Waals surface area contributed by atoms with Crippen LogP contribution in [0.3, 0.4) is 0 Å². The lowest BCUT2D eigenvalue weighted by Gasteiger charge is -2.33. The van der Waals surface area contributed by atoms with E-state index in [1.54, 1.807) is 0 Å². The summed E-state index contributed by atoms with van der Waals surface area (Å²) in [6.45, 7) is 7.30. The molecule has 0 amide bonds. The van der Waals surface area contributed by atoms with Gasteiger partial charge in [0.15, 0.2) is 10.6 Å². The zero-order chi connectivity index (χ0) is 19.3. The molecular weight excluding hydrogens is 386 g/mol. The zero-order valence-electron chi connectivity index (χ0n) is 16.1. The fourth-order valence-corrected chi connectivity index (χ4v) is 4.52. The first kappa shape index (κ1) is 19.1. The second kappa shape index (κ2) is 8.86. The summed E-state index contributed by atoms with van der Waals surface area (Å²) in [6.07, 6.45) is 1.05. The van der Waals surface area contributed by atoms with Crippen LogP contribution in [0.1, 0.15) is 12.5 Å². The molecule has 1 saturated heterocycles. The van der Waals surface area contributed by atoms with Crippen molar-refractivity contribution in [3.8, 4) is 0 Å². The van der Waals surface area contributed by atoms with Crippen molar-refractivity contribution in [1.29, 1.82) is 0 Å². The van der Waals surface area contributed by atoms with Crippen LogP contribution in [0, 0.1) is 3.95 Å². The molecule has 0 atom stereocenters. The maximum absolute atomic E-state index is 5.55. The Labute approximate surface area is 175 Å². The van der Waals surface area contributed by atoms with Gasteiger partial charge in [0.25, 0.3) is 0 Å². The number of aromatic nitrogens is 2. The molecule has 2 heterocycles. The molecule has 0 unspecified atom stereocenters. The van der Waals surface area contributed by atoms with Gasteiger partial charge in [0.1, 0.15) is 0 Å². The van der Waals surface area contributed by atoms with Crippen LogP contribution in [0.2, 0.25) is 0 Å². The normalized spacial score (nSPS) is 15.0. The number of hydrogen-bond acceptors (Lipinski definition) is 5. The Morgan fingerprint density at radius 3 is 2.46 bits per heavy atom. The molecule has 1 aliphatic heterocycles. The molecule has 1 aliphatic rings. The molecule has 28 heavy (non-hydrogen) atoms. The van der Waals surface area contributed by atoms with Gasteiger partial charge in [-0.15, -0.1) is 5.10 Å². The zero-order valence-corrected chi connectivity index (χ0v) is 17.7. The van der Waals surface area contributed by atoms with Crippen molar-refractivity contribution in [2.45, 2.75) is 20.0 Å². The summed E-state index contributed by atoms with van der Waals surface area (Å²) in [6, 6.07) is 19.1. The molecule has 5 nitrogen and oxygen atoms in total. The molecule has 4 rings (SSSR count). The van der Waals surface area contributed by atoms with Crippen molar-refractivity contribution in [3.63, 3.8) is 0 Å². The highest BCUT2D eigenvalue weighted by atomic mass is 32.1. The number of aryl methyl sites for hydroxylation is 1. The van der Waals surface area contributed by atoms with Gasteiger partial charge in [-0.25, -0.2) is 0 Å². The molecule has 1 aromatic heterocycles. The lowest BCUT2D eigenvalue weighted by molar-refractivity contribution is -0.924. The van der Waals surface area contributed by atoms with E-state index >= 15 is 0 Å². The first-order chi connectivity index (χ1) is 13.7. The molecular formula is C21H26N5S2+. The number of rotatable bonds is 6. The lowest BCUT2D eigenvalue weighted by Crippen LogP contribution is -3.14. The van der Waals surface area contributed by atoms with Crippen LogP contribution in [0.25, 0.3) is 0 Å². The van der Waals surface area contributed by atoms with E-state index in [2.05, 4.69) is 71.7 Å². The molecule has 0 saturated carbocycles. The first-order valence-electron chi connectivity index (χ1n) is 9.79. The Morgan fingerprint density at radius 1 is 1.07 bits per heavy atom. The summed E-state index contributed by atoms with van der Waals surface area (Å²) < 4.78 is 2.79. The molecule has 3 aromatic rings. The Hall–Kier alpha value is -2.22. The summed E-state index contributed by atoms with van der Waals surface area (Å²) in [5, 5.41) is 8.95. The van der Waals surface area contributed by atoms with Gasteiger partial charge in [0.2, 0.25) is 5.13 Å². The van der Waals surface area contributed by atoms with Crippen molar-refractivity contribution < 1.29 is 4.90 Å². The van der Waals surface area contributed by atoms with E-state index in [9.17, 15) is 0 Å². The number of nitrogens with zero attached hydrogens (tertiary/aromatic N) is 3. The minimum absolute atomic E-state index is 0.825. The molecule has 2 aromatic carbocycles. The van der Waals surface area contributed by atoms with Crippen LogP contribution >= 0.6 is 23.6 Å². The minimum Gasteiger partial charge on any atom is -0.360 e. The third-order valence-electron chi connectivity index (χ3n) is 5.18. The van der Waals surface area contributed by atoms with Gasteiger partial charge in [-0.2, -0.15) is 4.68 Å². The molecule has 146 valence electrons. The smallest absolute Gasteiger partial charge is 0.209 e. The maximum atomic E-state index is 5.55. The third kappa shape index (κ3) is 4.60.